The van der Waals surface area contributed by atoms with Gasteiger partial charge >= 0.3 is 0 Å². The van der Waals surface area contributed by atoms with Gasteiger partial charge in [0.15, 0.2) is 28.9 Å². The van der Waals surface area contributed by atoms with E-state index >= 15 is 0 Å². The summed E-state index contributed by atoms with van der Waals surface area (Å²) in [5.74, 6) is -12.5. The Labute approximate surface area is 539 Å². The summed E-state index contributed by atoms with van der Waals surface area (Å²) in [5, 5.41) is 17.5. The first-order chi connectivity index (χ1) is 41.6. The van der Waals surface area contributed by atoms with E-state index in [0.717, 1.165) is 11.2 Å². The first kappa shape index (κ1) is 82.8. The highest BCUT2D eigenvalue weighted by Gasteiger charge is 2.43. The number of hydrogen-bond acceptors (Lipinski definition) is 16. The van der Waals surface area contributed by atoms with E-state index in [1.165, 1.54) is 56.7 Å². The number of carbonyl (C=O) groups excluding carboxylic acids is 11. The molecule has 90 heavy (non-hydrogen) atoms. The van der Waals surface area contributed by atoms with Gasteiger partial charge in [0, 0.05) is 91.1 Å². The Morgan fingerprint density at radius 3 is 1.59 bits per heavy atom. The van der Waals surface area contributed by atoms with Crippen molar-refractivity contribution in [2.45, 2.75) is 243 Å². The number of hydrogen-bond donors (Lipinski definition) is 3. The fourth-order valence-electron chi connectivity index (χ4n) is 11.9. The molecule has 6 amide bonds. The lowest BCUT2D eigenvalue weighted by Gasteiger charge is -2.36. The Kier molecular flexibility index (Phi) is 36.2. The van der Waals surface area contributed by atoms with Crippen LogP contribution in [0, 0.1) is 59.2 Å². The molecule has 1 aliphatic rings. The number of carbonyl (C=O) groups is 11. The van der Waals surface area contributed by atoms with Crippen LogP contribution in [0.25, 0.3) is 0 Å². The Balaban J connectivity index is 4.23. The van der Waals surface area contributed by atoms with Gasteiger partial charge < -0.3 is 40.1 Å². The second-order valence-corrected chi connectivity index (χ2v) is 29.0. The van der Waals surface area contributed by atoms with Crippen LogP contribution in [0.4, 0.5) is 0 Å². The van der Waals surface area contributed by atoms with Crippen molar-refractivity contribution in [1.29, 1.82) is 0 Å². The SMILES string of the molecule is C/C=C/C[C@@H](C)[C@@H](O)[C@@H]1CC(=O)[C@H](C(C)C)N(C)C(=O)[C@H](CC(C)C)CC(=O)[C@H](CC(C)C)N(C)C(=O)[C@@H](C)NC(=O)[C@H](C)CC(=O)[C@H](CC(C)C)N(C)C(=O)[C@H](C(C)C)CC(=O)[C@H]([C@@H](C)OCCCCOS(C)(=O)=O)N(C)C(=O)CCC(=O)[C@H](CC)NC1=O. The average Bonchev–Trinajstić information content (AvgIpc) is 1.27. The zero-order valence-corrected chi connectivity index (χ0v) is 59.2. The number of unbranched alkanes of at least 4 members (excludes halogenated alkanes) is 1. The number of aliphatic hydroxyl groups excluding tert-OH is 1. The third-order valence-corrected chi connectivity index (χ3v) is 17.9. The predicted octanol–water partition coefficient (Wildman–Crippen LogP) is 6.95. The van der Waals surface area contributed by atoms with E-state index < -0.39 is 190 Å². The summed E-state index contributed by atoms with van der Waals surface area (Å²) < 4.78 is 34.1. The zero-order valence-electron chi connectivity index (χ0n) is 58.4. The molecule has 1 saturated heterocycles. The van der Waals surface area contributed by atoms with Crippen LogP contribution in [0.15, 0.2) is 12.2 Å². The van der Waals surface area contributed by atoms with Crippen LogP contribution < -0.4 is 10.6 Å². The molecule has 22 nitrogen and oxygen atoms in total. The first-order valence-electron chi connectivity index (χ1n) is 32.7. The topological polar surface area (TPSA) is 298 Å². The van der Waals surface area contributed by atoms with E-state index in [0.29, 0.717) is 12.8 Å². The molecule has 1 rings (SSSR count). The molecule has 0 aromatic carbocycles. The summed E-state index contributed by atoms with van der Waals surface area (Å²) in [6.45, 7) is 28.0. The lowest BCUT2D eigenvalue weighted by atomic mass is 9.82. The molecule has 516 valence electrons. The lowest BCUT2D eigenvalue weighted by molar-refractivity contribution is -0.148. The van der Waals surface area contributed by atoms with Crippen molar-refractivity contribution < 1.29 is 75.2 Å². The molecule has 1 fully saturated rings. The largest absolute Gasteiger partial charge is 0.392 e. The Hall–Kier alpha value is -5.26. The van der Waals surface area contributed by atoms with Crippen LogP contribution in [0.3, 0.4) is 0 Å². The smallest absolute Gasteiger partial charge is 0.264 e. The fraction of sp³-hybridized carbons (Fsp3) is 0.806. The van der Waals surface area contributed by atoms with Crippen molar-refractivity contribution in [3.63, 3.8) is 0 Å². The van der Waals surface area contributed by atoms with Gasteiger partial charge in [0.25, 0.3) is 10.1 Å². The lowest BCUT2D eigenvalue weighted by Crippen LogP contribution is -2.53. The number of Topliss-reactive ketones (excluding diaryl/α,β-unsaturated/α-hetero) is 5. The Bertz CT molecular complexity index is 2550. The molecule has 0 aromatic heterocycles. The molecule has 0 aliphatic carbocycles. The van der Waals surface area contributed by atoms with Crippen LogP contribution in [-0.4, -0.2) is 194 Å². The van der Waals surface area contributed by atoms with Gasteiger partial charge in [-0.05, 0) is 101 Å². The van der Waals surface area contributed by atoms with E-state index in [2.05, 4.69) is 10.6 Å². The Morgan fingerprint density at radius 2 is 1.09 bits per heavy atom. The maximum atomic E-state index is 14.9. The zero-order chi connectivity index (χ0) is 69.4. The number of nitrogens with zero attached hydrogens (tertiary/aromatic N) is 4. The molecule has 0 aromatic rings. The van der Waals surface area contributed by atoms with Gasteiger partial charge in [0.05, 0.1) is 55.2 Å². The van der Waals surface area contributed by atoms with Crippen LogP contribution in [0.1, 0.15) is 194 Å². The second kappa shape index (κ2) is 39.3. The molecule has 3 N–H and O–H groups in total. The molecule has 1 heterocycles. The van der Waals surface area contributed by atoms with E-state index in [4.69, 9.17) is 8.92 Å². The van der Waals surface area contributed by atoms with Crippen LogP contribution >= 0.6 is 0 Å². The molecule has 0 spiro atoms. The average molecular weight is 1290 g/mol. The minimum Gasteiger partial charge on any atom is -0.392 e. The monoisotopic (exact) mass is 1290 g/mol. The van der Waals surface area contributed by atoms with Crippen LogP contribution in [-0.2, 0) is 71.8 Å². The maximum Gasteiger partial charge on any atom is 0.264 e. The van der Waals surface area contributed by atoms with Crippen molar-refractivity contribution >= 4 is 74.5 Å². The second-order valence-electron chi connectivity index (χ2n) is 27.4. The van der Waals surface area contributed by atoms with E-state index in [1.54, 1.807) is 61.5 Å². The Morgan fingerprint density at radius 1 is 0.578 bits per heavy atom. The summed E-state index contributed by atoms with van der Waals surface area (Å²) in [4.78, 5) is 165. The number of aliphatic hydroxyl groups is 1. The van der Waals surface area contributed by atoms with Gasteiger partial charge in [-0.2, -0.15) is 8.42 Å². The van der Waals surface area contributed by atoms with E-state index in [-0.39, 0.29) is 75.9 Å². The van der Waals surface area contributed by atoms with E-state index in [9.17, 15) is 66.3 Å². The highest BCUT2D eigenvalue weighted by Crippen LogP contribution is 2.30. The molecular formula is C67H116N6O16S. The van der Waals surface area contributed by atoms with Crippen LogP contribution in [0.2, 0.25) is 0 Å². The summed E-state index contributed by atoms with van der Waals surface area (Å²) in [6, 6.07) is -6.88. The van der Waals surface area contributed by atoms with Gasteiger partial charge in [0.2, 0.25) is 35.4 Å². The van der Waals surface area contributed by atoms with E-state index in [1.807, 2.05) is 47.6 Å². The maximum absolute atomic E-state index is 14.9. The van der Waals surface area contributed by atoms with Gasteiger partial charge in [-0.15, -0.1) is 0 Å². The standard InChI is InChI=1S/C67H116N6O16S/c1-22-24-27-44(13)62(80)50-38-57(77)60(43(11)12)73(20)66(84)48(32-39(3)4)36-56(76)53(34-41(7)8)70(17)65(83)46(15)68-63(81)45(14)35-55(75)52(33-40(5)6)71(18)67(85)49(42(9)10)37-58(78)61(47(16)88-30-25-26-31-89-90(21,86)87)72(19)59(79)29-28-54(74)51(23-2)69-64(50)82/h22,24,39-53,60-62,80H,23,25-38H2,1-21H3,(H,68,81)(H,69,82)/b24-22+/t44-,45-,46-,47-,48-,49+,50+,51+,52+,53+,60+,61+,62-/m1/s1. The molecule has 0 bridgehead atoms. The third-order valence-electron chi connectivity index (χ3n) is 17.3. The predicted molar refractivity (Wildman–Crippen MR) is 347 cm³/mol. The minimum absolute atomic E-state index is 0.0221. The van der Waals surface area contributed by atoms with Gasteiger partial charge in [-0.3, -0.25) is 56.9 Å². The summed E-state index contributed by atoms with van der Waals surface area (Å²) in [5.41, 5.74) is 0. The number of ether oxygens (including phenoxy) is 1. The third kappa shape index (κ3) is 26.8. The van der Waals surface area contributed by atoms with Crippen molar-refractivity contribution in [1.82, 2.24) is 30.2 Å². The van der Waals surface area contributed by atoms with Crippen LogP contribution in [0.5, 0.6) is 0 Å². The highest BCUT2D eigenvalue weighted by atomic mass is 32.2. The summed E-state index contributed by atoms with van der Waals surface area (Å²) in [6.07, 6.45) is 1.37. The molecule has 1 aliphatic heterocycles. The summed E-state index contributed by atoms with van der Waals surface area (Å²) in [7, 11) is 2.09. The fourth-order valence-corrected chi connectivity index (χ4v) is 12.4. The normalized spacial score (nSPS) is 26.6. The van der Waals surface area contributed by atoms with Gasteiger partial charge in [-0.1, -0.05) is 102 Å². The number of ketones is 5. The van der Waals surface area contributed by atoms with Crippen molar-refractivity contribution in [3.05, 3.63) is 12.2 Å². The number of nitrogens with one attached hydrogen (secondary N) is 2. The number of amides is 6. The van der Waals surface area contributed by atoms with Crippen molar-refractivity contribution in [3.8, 4) is 0 Å². The molecular weight excluding hydrogens is 1180 g/mol. The first-order valence-corrected chi connectivity index (χ1v) is 34.5. The molecule has 23 heteroatoms. The van der Waals surface area contributed by atoms with Crippen molar-refractivity contribution in [2.75, 3.05) is 47.7 Å². The molecule has 13 atom stereocenters. The molecule has 0 saturated carbocycles. The highest BCUT2D eigenvalue weighted by molar-refractivity contribution is 7.85. The number of likely N-dealkylation sites (N-methyl/N-ethyl adjacent to an activating group) is 4. The molecule has 0 radical (unpaired) electrons. The van der Waals surface area contributed by atoms with Crippen molar-refractivity contribution in [2.24, 2.45) is 59.2 Å². The van der Waals surface area contributed by atoms with Gasteiger partial charge in [0.1, 0.15) is 12.1 Å². The molecule has 0 unspecified atom stereocenters. The minimum atomic E-state index is -3.70. The quantitative estimate of drug-likeness (QED) is 0.0595. The number of allylic oxidation sites excluding steroid dienone is 2. The summed E-state index contributed by atoms with van der Waals surface area (Å²) >= 11 is 0. The van der Waals surface area contributed by atoms with Gasteiger partial charge in [-0.25, -0.2) is 0 Å². The number of rotatable bonds is 21.